The lowest BCUT2D eigenvalue weighted by molar-refractivity contribution is -0.156. The molecule has 0 N–H and O–H groups in total. The third kappa shape index (κ3) is 7.11. The second-order valence-corrected chi connectivity index (χ2v) is 6.38. The van der Waals surface area contributed by atoms with Gasteiger partial charge in [-0.25, -0.2) is 0 Å². The summed E-state index contributed by atoms with van der Waals surface area (Å²) in [6, 6.07) is 0. The predicted molar refractivity (Wildman–Crippen MR) is 83.7 cm³/mol. The molecule has 4 nitrogen and oxygen atoms in total. The maximum absolute atomic E-state index is 11.8. The highest BCUT2D eigenvalue weighted by Crippen LogP contribution is 2.23. The summed E-state index contributed by atoms with van der Waals surface area (Å²) in [7, 11) is 0. The normalized spacial score (nSPS) is 11.6. The predicted octanol–water partition coefficient (Wildman–Crippen LogP) is 3.67. The molecule has 0 aliphatic carbocycles. The van der Waals surface area contributed by atoms with Crippen molar-refractivity contribution < 1.29 is 19.1 Å². The summed E-state index contributed by atoms with van der Waals surface area (Å²) in [6.45, 7) is 15.0. The number of carbonyl (C=O) groups is 2. The molecule has 0 amide bonds. The maximum atomic E-state index is 11.8. The largest absolute Gasteiger partial charge is 0.465 e. The van der Waals surface area contributed by atoms with E-state index in [9.17, 15) is 9.59 Å². The van der Waals surface area contributed by atoms with E-state index in [2.05, 4.69) is 13.2 Å². The zero-order chi connectivity index (χ0) is 16.5. The minimum atomic E-state index is -0.565. The van der Waals surface area contributed by atoms with Gasteiger partial charge in [-0.3, -0.25) is 9.59 Å². The van der Waals surface area contributed by atoms with Gasteiger partial charge in [0.1, 0.15) is 0 Å². The van der Waals surface area contributed by atoms with Gasteiger partial charge in [-0.1, -0.05) is 12.2 Å². The molecule has 0 aromatic heterocycles. The molecule has 0 spiro atoms. The average Bonchev–Trinajstić information content (AvgIpc) is 2.37. The number of carbonyl (C=O) groups excluding carboxylic acids is 2. The lowest BCUT2D eigenvalue weighted by Crippen LogP contribution is -2.28. The Morgan fingerprint density at radius 1 is 0.857 bits per heavy atom. The fraction of sp³-hybridized carbons (Fsp3) is 0.647. The molecule has 0 saturated carbocycles. The second-order valence-electron chi connectivity index (χ2n) is 6.38. The lowest BCUT2D eigenvalue weighted by Gasteiger charge is -2.22. The van der Waals surface area contributed by atoms with Crippen LogP contribution >= 0.6 is 0 Å². The summed E-state index contributed by atoms with van der Waals surface area (Å²) in [4.78, 5) is 23.6. The van der Waals surface area contributed by atoms with Crippen LogP contribution in [0.25, 0.3) is 0 Å². The molecule has 21 heavy (non-hydrogen) atoms. The zero-order valence-electron chi connectivity index (χ0n) is 13.7. The van der Waals surface area contributed by atoms with Crippen LogP contribution in [0.2, 0.25) is 0 Å². The van der Waals surface area contributed by atoms with Gasteiger partial charge in [0.15, 0.2) is 0 Å². The molecule has 0 atom stereocenters. The van der Waals surface area contributed by atoms with Crippen LogP contribution in [-0.4, -0.2) is 25.2 Å². The van der Waals surface area contributed by atoms with Crippen LogP contribution in [0.3, 0.4) is 0 Å². The summed E-state index contributed by atoms with van der Waals surface area (Å²) in [5.74, 6) is -0.526. The van der Waals surface area contributed by atoms with Crippen LogP contribution in [0.4, 0.5) is 0 Å². The number of allylic oxidation sites excluding steroid dienone is 2. The topological polar surface area (TPSA) is 52.6 Å². The summed E-state index contributed by atoms with van der Waals surface area (Å²) in [5, 5.41) is 0. The van der Waals surface area contributed by atoms with Crippen LogP contribution in [0, 0.1) is 10.8 Å². The molecular formula is C17H28O4. The van der Waals surface area contributed by atoms with E-state index in [1.807, 2.05) is 27.7 Å². The third-order valence-electron chi connectivity index (χ3n) is 3.17. The summed E-state index contributed by atoms with van der Waals surface area (Å²) in [5.41, 5.74) is -1.13. The Bertz CT molecular complexity index is 344. The highest BCUT2D eigenvalue weighted by atomic mass is 16.5. The highest BCUT2D eigenvalue weighted by molar-refractivity contribution is 5.76. The van der Waals surface area contributed by atoms with Crippen molar-refractivity contribution in [3.05, 3.63) is 25.3 Å². The van der Waals surface area contributed by atoms with E-state index in [1.54, 1.807) is 12.2 Å². The van der Waals surface area contributed by atoms with Crippen molar-refractivity contribution in [2.75, 3.05) is 13.2 Å². The minimum Gasteiger partial charge on any atom is -0.465 e. The van der Waals surface area contributed by atoms with Crippen molar-refractivity contribution in [2.45, 2.75) is 47.0 Å². The molecule has 120 valence electrons. The molecular weight excluding hydrogens is 268 g/mol. The first kappa shape index (κ1) is 19.4. The third-order valence-corrected chi connectivity index (χ3v) is 3.17. The lowest BCUT2D eigenvalue weighted by atomic mass is 9.90. The molecule has 0 aliphatic rings. The maximum Gasteiger partial charge on any atom is 0.311 e. The quantitative estimate of drug-likeness (QED) is 0.351. The molecule has 0 aromatic rings. The van der Waals surface area contributed by atoms with E-state index in [-0.39, 0.29) is 25.2 Å². The first-order chi connectivity index (χ1) is 9.67. The summed E-state index contributed by atoms with van der Waals surface area (Å²) >= 11 is 0. The van der Waals surface area contributed by atoms with Gasteiger partial charge in [0.2, 0.25) is 0 Å². The number of hydrogen-bond acceptors (Lipinski definition) is 4. The van der Waals surface area contributed by atoms with Gasteiger partial charge < -0.3 is 9.47 Å². The van der Waals surface area contributed by atoms with Crippen molar-refractivity contribution in [3.63, 3.8) is 0 Å². The van der Waals surface area contributed by atoms with Crippen LogP contribution in [0.1, 0.15) is 47.0 Å². The van der Waals surface area contributed by atoms with Gasteiger partial charge in [-0.2, -0.15) is 0 Å². The number of hydrogen-bond donors (Lipinski definition) is 0. The van der Waals surface area contributed by atoms with Crippen LogP contribution < -0.4 is 0 Å². The summed E-state index contributed by atoms with van der Waals surface area (Å²) in [6.07, 6.45) is 5.02. The molecule has 0 bridgehead atoms. The van der Waals surface area contributed by atoms with Gasteiger partial charge in [-0.05, 0) is 40.5 Å². The molecule has 0 radical (unpaired) electrons. The minimum absolute atomic E-state index is 0.245. The molecule has 0 rings (SSSR count). The fourth-order valence-corrected chi connectivity index (χ4v) is 1.67. The Balaban J connectivity index is 3.97. The average molecular weight is 296 g/mol. The SMILES string of the molecule is C=CCC(C)(C)C(=O)OCCCOC(=O)C(C)(C)CC=C. The number of ether oxygens (including phenoxy) is 2. The van der Waals surface area contributed by atoms with Crippen molar-refractivity contribution in [3.8, 4) is 0 Å². The number of esters is 2. The van der Waals surface area contributed by atoms with Crippen molar-refractivity contribution >= 4 is 11.9 Å². The number of rotatable bonds is 10. The molecule has 0 heterocycles. The first-order valence-electron chi connectivity index (χ1n) is 7.23. The smallest absolute Gasteiger partial charge is 0.311 e. The Morgan fingerprint density at radius 3 is 1.48 bits per heavy atom. The zero-order valence-corrected chi connectivity index (χ0v) is 13.7. The van der Waals surface area contributed by atoms with Gasteiger partial charge in [-0.15, -0.1) is 13.2 Å². The van der Waals surface area contributed by atoms with Crippen LogP contribution in [-0.2, 0) is 19.1 Å². The van der Waals surface area contributed by atoms with E-state index >= 15 is 0 Å². The first-order valence-corrected chi connectivity index (χ1v) is 7.23. The van der Waals surface area contributed by atoms with E-state index in [0.717, 1.165) is 0 Å². The Hall–Kier alpha value is -1.58. The molecule has 0 saturated heterocycles. The molecule has 0 fully saturated rings. The molecule has 0 aliphatic heterocycles. The molecule has 4 heteroatoms. The second kappa shape index (κ2) is 8.65. The van der Waals surface area contributed by atoms with Gasteiger partial charge in [0.05, 0.1) is 24.0 Å². The fourth-order valence-electron chi connectivity index (χ4n) is 1.67. The van der Waals surface area contributed by atoms with E-state index < -0.39 is 10.8 Å². The van der Waals surface area contributed by atoms with Gasteiger partial charge >= 0.3 is 11.9 Å². The Morgan fingerprint density at radius 2 is 1.19 bits per heavy atom. The molecule has 0 aromatic carbocycles. The van der Waals surface area contributed by atoms with E-state index in [4.69, 9.17) is 9.47 Å². The van der Waals surface area contributed by atoms with E-state index in [0.29, 0.717) is 19.3 Å². The van der Waals surface area contributed by atoms with Crippen molar-refractivity contribution in [2.24, 2.45) is 10.8 Å². The monoisotopic (exact) mass is 296 g/mol. The standard InChI is InChI=1S/C17H28O4/c1-7-10-16(3,4)14(18)20-12-9-13-21-15(19)17(5,6)11-8-2/h7-8H,1-2,9-13H2,3-6H3. The van der Waals surface area contributed by atoms with E-state index in [1.165, 1.54) is 0 Å². The Kier molecular flexibility index (Phi) is 8.00. The van der Waals surface area contributed by atoms with Crippen molar-refractivity contribution in [1.29, 1.82) is 0 Å². The van der Waals surface area contributed by atoms with Crippen LogP contribution in [0.15, 0.2) is 25.3 Å². The molecule has 0 unspecified atom stereocenters. The van der Waals surface area contributed by atoms with Gasteiger partial charge in [0, 0.05) is 6.42 Å². The van der Waals surface area contributed by atoms with Crippen LogP contribution in [0.5, 0.6) is 0 Å². The van der Waals surface area contributed by atoms with Gasteiger partial charge in [0.25, 0.3) is 0 Å². The Labute approximate surface area is 128 Å². The highest BCUT2D eigenvalue weighted by Gasteiger charge is 2.28. The van der Waals surface area contributed by atoms with Crippen molar-refractivity contribution in [1.82, 2.24) is 0 Å². The summed E-state index contributed by atoms with van der Waals surface area (Å²) < 4.78 is 10.4.